The third kappa shape index (κ3) is 2.98. The molecule has 0 aromatic heterocycles. The SMILES string of the molecule is Cl.[2H]C([2H])([2H])C(N)C(O)c1ccc(C)c(C)c1. The van der Waals surface area contributed by atoms with Gasteiger partial charge in [0.05, 0.1) is 6.10 Å². The Balaban J connectivity index is 0.00000256. The lowest BCUT2D eigenvalue weighted by Gasteiger charge is -2.15. The summed E-state index contributed by atoms with van der Waals surface area (Å²) in [7, 11) is 0. The standard InChI is InChI=1S/C11H17NO.ClH/c1-7-4-5-10(6-8(7)2)11(13)9(3)12;/h4-6,9,11,13H,12H2,1-3H3;1H/i3D3;. The van der Waals surface area contributed by atoms with Crippen LogP contribution < -0.4 is 5.73 Å². The summed E-state index contributed by atoms with van der Waals surface area (Å²) in [6, 6.07) is 4.07. The zero-order chi connectivity index (χ0) is 12.5. The predicted octanol–water partition coefficient (Wildman–Crippen LogP) is 2.11. The lowest BCUT2D eigenvalue weighted by molar-refractivity contribution is 0.153. The second-order valence-corrected chi connectivity index (χ2v) is 3.31. The van der Waals surface area contributed by atoms with Gasteiger partial charge in [-0.1, -0.05) is 18.2 Å². The Labute approximate surface area is 95.8 Å². The van der Waals surface area contributed by atoms with Gasteiger partial charge >= 0.3 is 0 Å². The van der Waals surface area contributed by atoms with E-state index in [1.165, 1.54) is 0 Å². The first-order valence-corrected chi connectivity index (χ1v) is 4.24. The van der Waals surface area contributed by atoms with Gasteiger partial charge in [-0.25, -0.2) is 0 Å². The molecule has 2 unspecified atom stereocenters. The lowest BCUT2D eigenvalue weighted by atomic mass is 9.99. The minimum atomic E-state index is -2.35. The van der Waals surface area contributed by atoms with Crippen molar-refractivity contribution < 1.29 is 9.22 Å². The second-order valence-electron chi connectivity index (χ2n) is 3.31. The fraction of sp³-hybridized carbons (Fsp3) is 0.455. The van der Waals surface area contributed by atoms with E-state index >= 15 is 0 Å². The average Bonchev–Trinajstić information content (AvgIpc) is 2.18. The molecule has 0 aliphatic carbocycles. The highest BCUT2D eigenvalue weighted by Gasteiger charge is 2.12. The maximum Gasteiger partial charge on any atom is 0.0938 e. The van der Waals surface area contributed by atoms with Crippen LogP contribution in [0.15, 0.2) is 18.2 Å². The Morgan fingerprint density at radius 3 is 2.50 bits per heavy atom. The lowest BCUT2D eigenvalue weighted by Crippen LogP contribution is -2.24. The average molecular weight is 219 g/mol. The van der Waals surface area contributed by atoms with Crippen molar-refractivity contribution >= 4 is 12.4 Å². The number of aliphatic hydroxyl groups excluding tert-OH is 1. The zero-order valence-electron chi connectivity index (χ0n) is 11.3. The summed E-state index contributed by atoms with van der Waals surface area (Å²) < 4.78 is 21.5. The monoisotopic (exact) mass is 218 g/mol. The van der Waals surface area contributed by atoms with Crippen LogP contribution in [0.3, 0.4) is 0 Å². The van der Waals surface area contributed by atoms with Crippen LogP contribution in [0.5, 0.6) is 0 Å². The highest BCUT2D eigenvalue weighted by Crippen LogP contribution is 2.18. The van der Waals surface area contributed by atoms with E-state index in [0.717, 1.165) is 11.1 Å². The molecule has 3 N–H and O–H groups in total. The molecule has 0 radical (unpaired) electrons. The van der Waals surface area contributed by atoms with Crippen LogP contribution in [-0.4, -0.2) is 11.1 Å². The van der Waals surface area contributed by atoms with Crippen LogP contribution >= 0.6 is 12.4 Å². The van der Waals surface area contributed by atoms with E-state index in [0.29, 0.717) is 5.56 Å². The summed E-state index contributed by atoms with van der Waals surface area (Å²) in [6.07, 6.45) is -1.16. The summed E-state index contributed by atoms with van der Waals surface area (Å²) >= 11 is 0. The van der Waals surface area contributed by atoms with E-state index in [2.05, 4.69) is 0 Å². The third-order valence-corrected chi connectivity index (χ3v) is 2.21. The molecule has 0 saturated heterocycles. The second kappa shape index (κ2) is 5.35. The number of halogens is 1. The van der Waals surface area contributed by atoms with Gasteiger partial charge in [-0.2, -0.15) is 0 Å². The van der Waals surface area contributed by atoms with Crippen LogP contribution in [0.4, 0.5) is 0 Å². The fourth-order valence-electron chi connectivity index (χ4n) is 1.16. The number of hydrogen-bond acceptors (Lipinski definition) is 2. The third-order valence-electron chi connectivity index (χ3n) is 2.21. The molecule has 0 aliphatic rings. The smallest absolute Gasteiger partial charge is 0.0938 e. The van der Waals surface area contributed by atoms with Crippen LogP contribution in [0, 0.1) is 13.8 Å². The number of nitrogens with two attached hydrogens (primary N) is 1. The maximum atomic E-state index is 9.85. The van der Waals surface area contributed by atoms with Crippen molar-refractivity contribution in [3.63, 3.8) is 0 Å². The fourth-order valence-corrected chi connectivity index (χ4v) is 1.16. The van der Waals surface area contributed by atoms with E-state index in [-0.39, 0.29) is 12.4 Å². The molecular formula is C11H18ClNO. The number of rotatable bonds is 2. The van der Waals surface area contributed by atoms with Crippen molar-refractivity contribution in [3.05, 3.63) is 34.9 Å². The molecule has 0 saturated carbocycles. The molecule has 0 heterocycles. The van der Waals surface area contributed by atoms with E-state index in [1.54, 1.807) is 12.1 Å². The first-order valence-electron chi connectivity index (χ1n) is 5.74. The van der Waals surface area contributed by atoms with E-state index < -0.39 is 19.0 Å². The van der Waals surface area contributed by atoms with Crippen molar-refractivity contribution in [2.24, 2.45) is 5.73 Å². The number of hydrogen-bond donors (Lipinski definition) is 2. The summed E-state index contributed by atoms with van der Waals surface area (Å²) in [6.45, 7) is 1.51. The van der Waals surface area contributed by atoms with Crippen LogP contribution in [0.25, 0.3) is 0 Å². The van der Waals surface area contributed by atoms with Gasteiger partial charge in [0.25, 0.3) is 0 Å². The molecule has 1 rings (SSSR count). The molecule has 1 aromatic rings. The minimum Gasteiger partial charge on any atom is -0.387 e. The molecule has 1 aromatic carbocycles. The summed E-state index contributed by atoms with van der Waals surface area (Å²) in [5, 5.41) is 9.85. The van der Waals surface area contributed by atoms with Crippen molar-refractivity contribution in [1.29, 1.82) is 0 Å². The van der Waals surface area contributed by atoms with Gasteiger partial charge in [0.15, 0.2) is 0 Å². The first kappa shape index (κ1) is 8.72. The molecule has 0 amide bonds. The molecule has 2 nitrogen and oxygen atoms in total. The van der Waals surface area contributed by atoms with Crippen LogP contribution in [0.1, 0.15) is 33.8 Å². The van der Waals surface area contributed by atoms with Gasteiger partial charge in [-0.3, -0.25) is 0 Å². The van der Waals surface area contributed by atoms with Crippen molar-refractivity contribution in [2.45, 2.75) is 32.8 Å². The molecule has 0 fully saturated rings. The first-order chi connectivity index (χ1) is 7.23. The van der Waals surface area contributed by atoms with Crippen LogP contribution in [-0.2, 0) is 0 Å². The van der Waals surface area contributed by atoms with Gasteiger partial charge in [0.1, 0.15) is 0 Å². The molecule has 2 atom stereocenters. The topological polar surface area (TPSA) is 46.2 Å². The zero-order valence-corrected chi connectivity index (χ0v) is 9.14. The number of benzene rings is 1. The maximum absolute atomic E-state index is 9.85. The Hall–Kier alpha value is -0.570. The normalized spacial score (nSPS) is 18.4. The molecule has 0 spiro atoms. The highest BCUT2D eigenvalue weighted by atomic mass is 35.5. The summed E-state index contributed by atoms with van der Waals surface area (Å²) in [5.41, 5.74) is 8.15. The van der Waals surface area contributed by atoms with Gasteiger partial charge in [0.2, 0.25) is 0 Å². The number of aliphatic hydroxyl groups is 1. The van der Waals surface area contributed by atoms with E-state index in [4.69, 9.17) is 9.85 Å². The van der Waals surface area contributed by atoms with Crippen LogP contribution in [0.2, 0.25) is 0 Å². The van der Waals surface area contributed by atoms with Crippen molar-refractivity contribution in [1.82, 2.24) is 0 Å². The molecule has 3 heteroatoms. The van der Waals surface area contributed by atoms with Crippen molar-refractivity contribution in [3.8, 4) is 0 Å². The van der Waals surface area contributed by atoms with Gasteiger partial charge in [-0.15, -0.1) is 12.4 Å². The van der Waals surface area contributed by atoms with Gasteiger partial charge in [-0.05, 0) is 37.4 Å². The highest BCUT2D eigenvalue weighted by molar-refractivity contribution is 5.85. The minimum absolute atomic E-state index is 0. The van der Waals surface area contributed by atoms with Crippen molar-refractivity contribution in [2.75, 3.05) is 0 Å². The van der Waals surface area contributed by atoms with E-state index in [9.17, 15) is 5.11 Å². The van der Waals surface area contributed by atoms with E-state index in [1.807, 2.05) is 19.9 Å². The molecule has 80 valence electrons. The molecule has 0 aliphatic heterocycles. The summed E-state index contributed by atoms with van der Waals surface area (Å²) in [5.74, 6) is 0. The molecular weight excluding hydrogens is 198 g/mol. The summed E-state index contributed by atoms with van der Waals surface area (Å²) in [4.78, 5) is 0. The largest absolute Gasteiger partial charge is 0.387 e. The predicted molar refractivity (Wildman–Crippen MR) is 61.8 cm³/mol. The van der Waals surface area contributed by atoms with Gasteiger partial charge < -0.3 is 10.8 Å². The quantitative estimate of drug-likeness (QED) is 0.799. The Morgan fingerprint density at radius 1 is 1.36 bits per heavy atom. The Kier molecular flexibility index (Phi) is 3.33. The Bertz CT molecular complexity index is 381. The number of aryl methyl sites for hydroxylation is 2. The van der Waals surface area contributed by atoms with Gasteiger partial charge in [0, 0.05) is 10.2 Å². The molecule has 0 bridgehead atoms. The Morgan fingerprint density at radius 2 is 2.00 bits per heavy atom. The molecule has 14 heavy (non-hydrogen) atoms.